The first-order valence-electron chi connectivity index (χ1n) is 9.28. The highest BCUT2D eigenvalue weighted by atomic mass is 32.1. The Morgan fingerprint density at radius 2 is 1.65 bits per heavy atom. The molecule has 0 atom stereocenters. The number of carbonyl (C=O) groups excluding carboxylic acids is 2. The van der Waals surface area contributed by atoms with Gasteiger partial charge in [0.1, 0.15) is 26.8 Å². The Bertz CT molecular complexity index is 1450. The molecule has 0 bridgehead atoms. The Labute approximate surface area is 189 Å². The molecule has 0 aromatic carbocycles. The molecule has 0 radical (unpaired) electrons. The van der Waals surface area contributed by atoms with Crippen LogP contribution in [0.25, 0.3) is 15.9 Å². The molecule has 4 heterocycles. The number of amides is 2. The Morgan fingerprint density at radius 3 is 2.24 bits per heavy atom. The van der Waals surface area contributed by atoms with Gasteiger partial charge in [-0.05, 0) is 24.6 Å². The van der Waals surface area contributed by atoms with Crippen molar-refractivity contribution in [2.24, 2.45) is 5.73 Å². The molecule has 0 spiro atoms. The second kappa shape index (κ2) is 8.55. The minimum Gasteiger partial charge on any atom is -0.365 e. The lowest BCUT2D eigenvalue weighted by atomic mass is 10.1. The molecule has 4 rings (SSSR count). The fourth-order valence-electron chi connectivity index (χ4n) is 3.29. The maximum Gasteiger partial charge on any atom is 0.280 e. The van der Waals surface area contributed by atoms with E-state index in [4.69, 9.17) is 5.73 Å². The summed E-state index contributed by atoms with van der Waals surface area (Å²) in [7, 11) is 0. The van der Waals surface area contributed by atoms with Gasteiger partial charge in [0.15, 0.2) is 11.3 Å². The predicted molar refractivity (Wildman–Crippen MR) is 109 cm³/mol. The summed E-state index contributed by atoms with van der Waals surface area (Å²) >= 11 is 0.677. The van der Waals surface area contributed by atoms with Crippen LogP contribution in [0.5, 0.6) is 0 Å². The molecule has 4 aromatic rings. The lowest BCUT2D eigenvalue weighted by Gasteiger charge is -2.07. The standard InChI is InChI=1S/C19H12F6N6O2S/c1-5-2-6(14(20)21)28-19-11(5)12(13(34-19)17(26)32)29-18(33)8-4-10-27-7(15(22)23)3-9(16(24)25)31(10)30-8/h2-4,14-16H,1H3,(H2,26,32)(H,29,33). The van der Waals surface area contributed by atoms with E-state index < -0.39 is 59.5 Å². The number of aromatic nitrogens is 4. The second-order valence-electron chi connectivity index (χ2n) is 6.98. The van der Waals surface area contributed by atoms with Crippen LogP contribution in [0.2, 0.25) is 0 Å². The van der Waals surface area contributed by atoms with Crippen molar-refractivity contribution >= 4 is 44.7 Å². The van der Waals surface area contributed by atoms with Gasteiger partial charge in [-0.1, -0.05) is 0 Å². The van der Waals surface area contributed by atoms with E-state index >= 15 is 0 Å². The van der Waals surface area contributed by atoms with Gasteiger partial charge in [-0.15, -0.1) is 11.3 Å². The molecular weight excluding hydrogens is 490 g/mol. The minimum absolute atomic E-state index is 0.0117. The molecule has 178 valence electrons. The van der Waals surface area contributed by atoms with Crippen molar-refractivity contribution in [3.63, 3.8) is 0 Å². The van der Waals surface area contributed by atoms with Crippen molar-refractivity contribution in [1.29, 1.82) is 0 Å². The number of thiophene rings is 1. The fourth-order valence-corrected chi connectivity index (χ4v) is 4.35. The van der Waals surface area contributed by atoms with E-state index in [1.807, 2.05) is 0 Å². The number of nitrogens with one attached hydrogen (secondary N) is 1. The van der Waals surface area contributed by atoms with E-state index in [0.29, 0.717) is 21.9 Å². The molecule has 4 aromatic heterocycles. The molecule has 0 saturated heterocycles. The maximum atomic E-state index is 13.4. The summed E-state index contributed by atoms with van der Waals surface area (Å²) in [6, 6.07) is 2.46. The van der Waals surface area contributed by atoms with E-state index in [0.717, 1.165) is 12.1 Å². The summed E-state index contributed by atoms with van der Waals surface area (Å²) in [6.45, 7) is 1.46. The summed E-state index contributed by atoms with van der Waals surface area (Å²) in [5.74, 6) is -1.99. The number of nitrogens with two attached hydrogens (primary N) is 1. The van der Waals surface area contributed by atoms with E-state index in [-0.39, 0.29) is 26.3 Å². The first-order chi connectivity index (χ1) is 16.0. The van der Waals surface area contributed by atoms with Gasteiger partial charge >= 0.3 is 0 Å². The Hall–Kier alpha value is -3.75. The van der Waals surface area contributed by atoms with Gasteiger partial charge in [-0.2, -0.15) is 5.10 Å². The number of primary amides is 1. The summed E-state index contributed by atoms with van der Waals surface area (Å²) in [5.41, 5.74) is 2.21. The van der Waals surface area contributed by atoms with E-state index in [1.165, 1.54) is 6.92 Å². The number of nitrogens with zero attached hydrogens (tertiary/aromatic N) is 4. The van der Waals surface area contributed by atoms with Crippen molar-refractivity contribution in [3.8, 4) is 0 Å². The normalized spacial score (nSPS) is 11.9. The van der Waals surface area contributed by atoms with Crippen molar-refractivity contribution in [2.75, 3.05) is 5.32 Å². The van der Waals surface area contributed by atoms with Crippen LogP contribution in [-0.4, -0.2) is 31.4 Å². The molecule has 3 N–H and O–H groups in total. The van der Waals surface area contributed by atoms with E-state index in [9.17, 15) is 35.9 Å². The number of aryl methyl sites for hydroxylation is 1. The van der Waals surface area contributed by atoms with Crippen molar-refractivity contribution in [3.05, 3.63) is 51.4 Å². The molecule has 0 aliphatic heterocycles. The second-order valence-corrected chi connectivity index (χ2v) is 7.98. The van der Waals surface area contributed by atoms with Crippen LogP contribution in [0.3, 0.4) is 0 Å². The van der Waals surface area contributed by atoms with Gasteiger partial charge in [0.2, 0.25) is 0 Å². The van der Waals surface area contributed by atoms with Crippen molar-refractivity contribution in [1.82, 2.24) is 19.6 Å². The number of rotatable bonds is 6. The van der Waals surface area contributed by atoms with Crippen LogP contribution in [0.4, 0.5) is 32.0 Å². The largest absolute Gasteiger partial charge is 0.365 e. The van der Waals surface area contributed by atoms with Crippen molar-refractivity contribution < 1.29 is 35.9 Å². The van der Waals surface area contributed by atoms with Gasteiger partial charge < -0.3 is 11.1 Å². The molecule has 15 heteroatoms. The van der Waals surface area contributed by atoms with Crippen molar-refractivity contribution in [2.45, 2.75) is 26.2 Å². The lowest BCUT2D eigenvalue weighted by Crippen LogP contribution is -2.17. The van der Waals surface area contributed by atoms with E-state index in [2.05, 4.69) is 20.4 Å². The maximum absolute atomic E-state index is 13.4. The van der Waals surface area contributed by atoms with Gasteiger partial charge in [-0.25, -0.2) is 40.8 Å². The molecule has 2 amide bonds. The molecule has 34 heavy (non-hydrogen) atoms. The molecule has 0 aliphatic carbocycles. The molecular formula is C19H12F6N6O2S. The third-order valence-corrected chi connectivity index (χ3v) is 5.82. The van der Waals surface area contributed by atoms with Gasteiger partial charge in [0, 0.05) is 11.5 Å². The molecule has 8 nitrogen and oxygen atoms in total. The molecule has 0 saturated carbocycles. The average Bonchev–Trinajstić information content (AvgIpc) is 3.34. The monoisotopic (exact) mass is 502 g/mol. The number of hydrogen-bond donors (Lipinski definition) is 2. The number of halogens is 6. The average molecular weight is 502 g/mol. The lowest BCUT2D eigenvalue weighted by molar-refractivity contribution is 0.100. The zero-order valence-electron chi connectivity index (χ0n) is 16.8. The zero-order valence-corrected chi connectivity index (χ0v) is 17.6. The van der Waals surface area contributed by atoms with Gasteiger partial charge in [0.25, 0.3) is 31.1 Å². The summed E-state index contributed by atoms with van der Waals surface area (Å²) in [6.07, 6.45) is -9.22. The highest BCUT2D eigenvalue weighted by molar-refractivity contribution is 7.21. The van der Waals surface area contributed by atoms with Gasteiger partial charge in [0.05, 0.1) is 5.69 Å². The SMILES string of the molecule is Cc1cc(C(F)F)nc2sc(C(N)=O)c(NC(=O)c3cc4nc(C(F)F)cc(C(F)F)n4n3)c12. The quantitative estimate of drug-likeness (QED) is 0.367. The topological polar surface area (TPSA) is 115 Å². The summed E-state index contributed by atoms with van der Waals surface area (Å²) < 4.78 is 79.5. The van der Waals surface area contributed by atoms with Crippen LogP contribution in [-0.2, 0) is 0 Å². The summed E-state index contributed by atoms with van der Waals surface area (Å²) in [5, 5.41) is 6.26. The van der Waals surface area contributed by atoms with Crippen LogP contribution in [0.15, 0.2) is 18.2 Å². The number of hydrogen-bond acceptors (Lipinski definition) is 6. The van der Waals surface area contributed by atoms with Gasteiger partial charge in [-0.3, -0.25) is 9.59 Å². The number of pyridine rings is 1. The molecule has 0 fully saturated rings. The summed E-state index contributed by atoms with van der Waals surface area (Å²) in [4.78, 5) is 31.9. The first kappa shape index (κ1) is 23.4. The highest BCUT2D eigenvalue weighted by Crippen LogP contribution is 2.38. The first-order valence-corrected chi connectivity index (χ1v) is 10.1. The Kier molecular flexibility index (Phi) is 5.89. The highest BCUT2D eigenvalue weighted by Gasteiger charge is 2.26. The Morgan fingerprint density at radius 1 is 1.00 bits per heavy atom. The molecule has 0 aliphatic rings. The van der Waals surface area contributed by atoms with E-state index in [1.54, 1.807) is 0 Å². The molecule has 0 unspecified atom stereocenters. The van der Waals surface area contributed by atoms with Crippen LogP contribution >= 0.6 is 11.3 Å². The number of carbonyl (C=O) groups is 2. The third-order valence-electron chi connectivity index (χ3n) is 4.72. The number of anilines is 1. The van der Waals surface area contributed by atoms with Crippen LogP contribution < -0.4 is 11.1 Å². The number of fused-ring (bicyclic) bond motifs is 2. The zero-order chi connectivity index (χ0) is 24.9. The minimum atomic E-state index is -3.20. The smallest absolute Gasteiger partial charge is 0.280 e. The van der Waals surface area contributed by atoms with Crippen LogP contribution in [0, 0.1) is 6.92 Å². The predicted octanol–water partition coefficient (Wildman–Crippen LogP) is 4.81. The Balaban J connectivity index is 1.81. The third kappa shape index (κ3) is 4.02. The number of alkyl halides is 6. The van der Waals surface area contributed by atoms with Crippen LogP contribution in [0.1, 0.15) is 62.1 Å². The fraction of sp³-hybridized carbons (Fsp3) is 0.211.